The van der Waals surface area contributed by atoms with Crippen LogP contribution in [0.5, 0.6) is 5.75 Å². The Labute approximate surface area is 185 Å². The van der Waals surface area contributed by atoms with Crippen molar-refractivity contribution in [3.8, 4) is 5.75 Å². The normalized spacial score (nSPS) is 12.1. The molecule has 0 saturated heterocycles. The van der Waals surface area contributed by atoms with E-state index in [1.165, 1.54) is 33.4 Å². The van der Waals surface area contributed by atoms with Gasteiger partial charge >= 0.3 is 8.24 Å². The van der Waals surface area contributed by atoms with Gasteiger partial charge in [-0.2, -0.15) is 0 Å². The summed E-state index contributed by atoms with van der Waals surface area (Å²) in [6, 6.07) is 12.6. The number of hydrogen-bond acceptors (Lipinski definition) is 3. The fourth-order valence-corrected chi connectivity index (χ4v) is 5.25. The highest BCUT2D eigenvalue weighted by molar-refractivity contribution is 7.32. The van der Waals surface area contributed by atoms with E-state index in [9.17, 15) is 0 Å². The predicted octanol–water partition coefficient (Wildman–Crippen LogP) is 9.11. The van der Waals surface area contributed by atoms with Crippen LogP contribution in [0, 0.1) is 41.5 Å². The van der Waals surface area contributed by atoms with Crippen molar-refractivity contribution >= 4 is 30.2 Å². The summed E-state index contributed by atoms with van der Waals surface area (Å²) in [7, 11) is -1.66. The lowest BCUT2D eigenvalue weighted by atomic mass is 9.91. The van der Waals surface area contributed by atoms with E-state index in [-0.39, 0.29) is 0 Å². The van der Waals surface area contributed by atoms with Crippen molar-refractivity contribution in [1.82, 2.24) is 0 Å². The van der Waals surface area contributed by atoms with E-state index in [4.69, 9.17) is 12.9 Å². The van der Waals surface area contributed by atoms with E-state index >= 15 is 0 Å². The lowest BCUT2D eigenvalue weighted by molar-refractivity contribution is 0.494. The highest BCUT2D eigenvalue weighted by Gasteiger charge is 2.19. The first-order valence-corrected chi connectivity index (χ1v) is 11.9. The van der Waals surface area contributed by atoms with Gasteiger partial charge in [0, 0.05) is 10.8 Å². The zero-order valence-corrected chi connectivity index (χ0v) is 20.6. The van der Waals surface area contributed by atoms with Crippen LogP contribution in [0.3, 0.4) is 0 Å². The maximum atomic E-state index is 6.57. The summed E-state index contributed by atoms with van der Waals surface area (Å²) in [5, 5.41) is 2.25. The second-order valence-electron chi connectivity index (χ2n) is 8.91. The van der Waals surface area contributed by atoms with E-state index in [1.807, 2.05) is 12.1 Å². The van der Waals surface area contributed by atoms with Gasteiger partial charge in [0.1, 0.15) is 16.9 Å². The molecule has 3 aromatic carbocycles. The molecule has 0 N–H and O–H groups in total. The zero-order chi connectivity index (χ0) is 22.4. The van der Waals surface area contributed by atoms with Crippen LogP contribution >= 0.6 is 8.24 Å². The number of aryl methyl sites for hydroxylation is 6. The molecule has 162 valence electrons. The van der Waals surface area contributed by atoms with E-state index in [0.29, 0.717) is 5.92 Å². The molecule has 0 radical (unpaired) electrons. The minimum Gasteiger partial charge on any atom is -0.390 e. The Morgan fingerprint density at radius 2 is 1.45 bits per heavy atom. The van der Waals surface area contributed by atoms with Gasteiger partial charge in [0.25, 0.3) is 0 Å². The van der Waals surface area contributed by atoms with Crippen molar-refractivity contribution < 1.29 is 12.9 Å². The van der Waals surface area contributed by atoms with Gasteiger partial charge in [0.2, 0.25) is 0 Å². The van der Waals surface area contributed by atoms with E-state index in [1.54, 1.807) is 0 Å². The van der Waals surface area contributed by atoms with Crippen molar-refractivity contribution in [2.24, 2.45) is 0 Å². The third-order valence-corrected chi connectivity index (χ3v) is 7.26. The molecule has 4 aromatic rings. The van der Waals surface area contributed by atoms with Gasteiger partial charge in [-0.1, -0.05) is 43.7 Å². The largest absolute Gasteiger partial charge is 0.453 e. The van der Waals surface area contributed by atoms with E-state index < -0.39 is 8.24 Å². The topological polar surface area (TPSA) is 35.5 Å². The van der Waals surface area contributed by atoms with Crippen molar-refractivity contribution in [2.75, 3.05) is 0 Å². The Morgan fingerprint density at radius 1 is 0.742 bits per heavy atom. The molecule has 0 aliphatic rings. The summed E-state index contributed by atoms with van der Waals surface area (Å²) in [6.07, 6.45) is 0. The summed E-state index contributed by atoms with van der Waals surface area (Å²) in [5.74, 6) is 1.11. The highest BCUT2D eigenvalue weighted by Crippen LogP contribution is 2.43. The Morgan fingerprint density at radius 3 is 2.13 bits per heavy atom. The molecule has 0 saturated carbocycles. The number of benzene rings is 3. The fraction of sp³-hybridized carbons (Fsp3) is 0.333. The van der Waals surface area contributed by atoms with Crippen LogP contribution < -0.4 is 4.52 Å². The summed E-state index contributed by atoms with van der Waals surface area (Å²) < 4.78 is 19.3. The van der Waals surface area contributed by atoms with Gasteiger partial charge in [-0.3, -0.25) is 0 Å². The molecule has 1 unspecified atom stereocenters. The average Bonchev–Trinajstić information content (AvgIpc) is 2.87. The summed E-state index contributed by atoms with van der Waals surface area (Å²) in [5.41, 5.74) is 10.1. The van der Waals surface area contributed by atoms with Crippen molar-refractivity contribution in [3.63, 3.8) is 0 Å². The molecule has 4 heteroatoms. The second-order valence-corrected chi connectivity index (χ2v) is 9.91. The molecule has 1 aromatic heterocycles. The summed E-state index contributed by atoms with van der Waals surface area (Å²) in [4.78, 5) is 0. The maximum absolute atomic E-state index is 6.57. The van der Waals surface area contributed by atoms with Crippen LogP contribution in [0.25, 0.3) is 21.9 Å². The number of hydrogen-bond donors (Lipinski definition) is 0. The highest BCUT2D eigenvalue weighted by atomic mass is 31.1. The van der Waals surface area contributed by atoms with Crippen molar-refractivity contribution in [3.05, 3.63) is 75.3 Å². The van der Waals surface area contributed by atoms with Crippen LogP contribution in [-0.4, -0.2) is 0 Å². The number of fused-ring (bicyclic) bond motifs is 3. The first kappa shape index (κ1) is 21.6. The lowest BCUT2D eigenvalue weighted by Crippen LogP contribution is -1.95. The first-order valence-electron chi connectivity index (χ1n) is 10.8. The molecule has 0 bridgehead atoms. The standard InChI is InChI=1S/C27H31O3P/c1-15(2)22-14-18(5)21(8)26-25-20(7)17(4)10-12-24(25)29-31(30-27(22)26)28-23-11-9-16(3)13-19(23)6/h9-15H,1-8H3. The maximum Gasteiger partial charge on any atom is 0.453 e. The van der Waals surface area contributed by atoms with Crippen LogP contribution in [0.15, 0.2) is 44.8 Å². The molecular weight excluding hydrogens is 403 g/mol. The van der Waals surface area contributed by atoms with Crippen LogP contribution in [0.4, 0.5) is 0 Å². The Hall–Kier alpha value is -2.64. The average molecular weight is 435 g/mol. The fourth-order valence-electron chi connectivity index (χ4n) is 4.12. The quantitative estimate of drug-likeness (QED) is 0.322. The molecule has 1 heterocycles. The molecule has 31 heavy (non-hydrogen) atoms. The van der Waals surface area contributed by atoms with Gasteiger partial charge < -0.3 is 12.9 Å². The number of rotatable bonds is 3. The van der Waals surface area contributed by atoms with Crippen molar-refractivity contribution in [2.45, 2.75) is 61.3 Å². The van der Waals surface area contributed by atoms with E-state index in [0.717, 1.165) is 33.3 Å². The molecule has 4 rings (SSSR count). The Balaban J connectivity index is 2.15. The second kappa shape index (κ2) is 8.13. The monoisotopic (exact) mass is 434 g/mol. The molecule has 0 aliphatic heterocycles. The molecular formula is C27H31O3P. The van der Waals surface area contributed by atoms with Gasteiger partial charge in [-0.25, -0.2) is 0 Å². The third kappa shape index (κ3) is 3.88. The first-order chi connectivity index (χ1) is 14.7. The molecule has 0 aliphatic carbocycles. The minimum absolute atomic E-state index is 0.317. The Kier molecular flexibility index (Phi) is 5.66. The third-order valence-electron chi connectivity index (χ3n) is 6.24. The molecule has 0 spiro atoms. The predicted molar refractivity (Wildman–Crippen MR) is 131 cm³/mol. The lowest BCUT2D eigenvalue weighted by Gasteiger charge is -2.13. The molecule has 3 nitrogen and oxygen atoms in total. The molecule has 0 fully saturated rings. The summed E-state index contributed by atoms with van der Waals surface area (Å²) in [6.45, 7) is 17.2. The van der Waals surface area contributed by atoms with Gasteiger partial charge in [0.15, 0.2) is 0 Å². The molecule has 0 amide bonds. The minimum atomic E-state index is -1.66. The zero-order valence-electron chi connectivity index (χ0n) is 19.7. The van der Waals surface area contributed by atoms with Gasteiger partial charge in [-0.05, 0) is 93.0 Å². The smallest absolute Gasteiger partial charge is 0.390 e. The van der Waals surface area contributed by atoms with Gasteiger partial charge in [-0.15, -0.1) is 0 Å². The molecule has 1 atom stereocenters. The Bertz CT molecular complexity index is 1350. The SMILES string of the molecule is Cc1ccc(Op2oc3ccc(C)c(C)c3c3c(C)c(C)cc(C(C)C)c3o2)c(C)c1. The summed E-state index contributed by atoms with van der Waals surface area (Å²) >= 11 is 0. The van der Waals surface area contributed by atoms with Crippen molar-refractivity contribution in [1.29, 1.82) is 0 Å². The van der Waals surface area contributed by atoms with Crippen LogP contribution in [-0.2, 0) is 0 Å². The van der Waals surface area contributed by atoms with Gasteiger partial charge in [0.05, 0.1) is 0 Å². The van der Waals surface area contributed by atoms with Crippen LogP contribution in [0.1, 0.15) is 58.7 Å². The van der Waals surface area contributed by atoms with E-state index in [2.05, 4.69) is 79.7 Å². The van der Waals surface area contributed by atoms with Crippen LogP contribution in [0.2, 0.25) is 0 Å².